The van der Waals surface area contributed by atoms with E-state index >= 15 is 0 Å². The maximum Gasteiger partial charge on any atom is 0.337 e. The molecule has 0 saturated carbocycles. The van der Waals surface area contributed by atoms with Crippen molar-refractivity contribution in [3.63, 3.8) is 0 Å². The Hall–Kier alpha value is -2.15. The molecule has 1 saturated heterocycles. The lowest BCUT2D eigenvalue weighted by molar-refractivity contribution is 0.0696. The summed E-state index contributed by atoms with van der Waals surface area (Å²) in [5.74, 6) is 0.761. The SMILES string of the molecule is CCN1CCCC(C)c2cc3c(cc21)OC1=CC2C(=CC1=C3c1c(Cl)c(Cl)c(Cl)c(Cl)c1C(=O)O)C(C)CCCN2CC. The van der Waals surface area contributed by atoms with Gasteiger partial charge in [0, 0.05) is 47.1 Å². The smallest absolute Gasteiger partial charge is 0.337 e. The van der Waals surface area contributed by atoms with Gasteiger partial charge >= 0.3 is 5.97 Å². The Morgan fingerprint density at radius 1 is 0.953 bits per heavy atom. The van der Waals surface area contributed by atoms with E-state index < -0.39 is 5.97 Å². The molecule has 0 aromatic heterocycles. The number of allylic oxidation sites excluding steroid dienone is 1. The van der Waals surface area contributed by atoms with Crippen LogP contribution in [0.2, 0.25) is 20.1 Å². The van der Waals surface area contributed by atoms with Crippen LogP contribution in [-0.2, 0) is 0 Å². The van der Waals surface area contributed by atoms with Crippen molar-refractivity contribution >= 4 is 63.6 Å². The van der Waals surface area contributed by atoms with Crippen LogP contribution in [0.4, 0.5) is 5.69 Å². The third-order valence-electron chi connectivity index (χ3n) is 9.62. The van der Waals surface area contributed by atoms with Crippen molar-refractivity contribution in [2.75, 3.05) is 31.1 Å². The van der Waals surface area contributed by atoms with Crippen molar-refractivity contribution in [3.05, 3.63) is 83.5 Å². The first-order chi connectivity index (χ1) is 20.6. The van der Waals surface area contributed by atoms with Crippen LogP contribution in [0.15, 0.2) is 41.2 Å². The van der Waals surface area contributed by atoms with Gasteiger partial charge in [0.2, 0.25) is 0 Å². The molecule has 1 aliphatic carbocycles. The number of likely N-dealkylation sites (tertiary alicyclic amines) is 1. The lowest BCUT2D eigenvalue weighted by Gasteiger charge is -2.37. The largest absolute Gasteiger partial charge is 0.478 e. The van der Waals surface area contributed by atoms with Gasteiger partial charge in [-0.3, -0.25) is 4.90 Å². The van der Waals surface area contributed by atoms with Gasteiger partial charge in [-0.15, -0.1) is 0 Å². The summed E-state index contributed by atoms with van der Waals surface area (Å²) >= 11 is 26.7. The molecule has 6 rings (SSSR count). The fraction of sp³-hybridized carbons (Fsp3) is 0.441. The normalized spacial score (nSPS) is 23.6. The van der Waals surface area contributed by atoms with Gasteiger partial charge in [-0.25, -0.2) is 4.79 Å². The number of carboxylic acids is 1. The number of anilines is 1. The minimum Gasteiger partial charge on any atom is -0.478 e. The van der Waals surface area contributed by atoms with Crippen LogP contribution in [0, 0.1) is 5.92 Å². The highest BCUT2D eigenvalue weighted by Gasteiger charge is 2.38. The molecule has 43 heavy (non-hydrogen) atoms. The molecule has 3 aliphatic heterocycles. The number of hydrogen-bond acceptors (Lipinski definition) is 4. The van der Waals surface area contributed by atoms with Crippen LogP contribution >= 0.6 is 46.4 Å². The van der Waals surface area contributed by atoms with E-state index in [0.717, 1.165) is 68.7 Å². The summed E-state index contributed by atoms with van der Waals surface area (Å²) in [5, 5.41) is 10.4. The highest BCUT2D eigenvalue weighted by Crippen LogP contribution is 2.53. The van der Waals surface area contributed by atoms with Crippen molar-refractivity contribution in [1.29, 1.82) is 0 Å². The van der Waals surface area contributed by atoms with E-state index in [2.05, 4.69) is 61.8 Å². The second kappa shape index (κ2) is 12.0. The lowest BCUT2D eigenvalue weighted by atomic mass is 9.79. The fourth-order valence-electron chi connectivity index (χ4n) is 7.28. The van der Waals surface area contributed by atoms with Crippen LogP contribution in [-0.4, -0.2) is 48.2 Å². The Morgan fingerprint density at radius 3 is 2.35 bits per heavy atom. The van der Waals surface area contributed by atoms with Gasteiger partial charge < -0.3 is 14.7 Å². The van der Waals surface area contributed by atoms with E-state index in [9.17, 15) is 9.90 Å². The molecule has 4 aliphatic rings. The molecular formula is C34H36Cl4N2O3. The van der Waals surface area contributed by atoms with Crippen LogP contribution < -0.4 is 9.64 Å². The van der Waals surface area contributed by atoms with Gasteiger partial charge in [0.05, 0.1) is 31.7 Å². The number of hydrogen-bond donors (Lipinski definition) is 1. The molecule has 5 nitrogen and oxygen atoms in total. The summed E-state index contributed by atoms with van der Waals surface area (Å²) in [6, 6.07) is 4.37. The molecule has 1 N–H and O–H groups in total. The summed E-state index contributed by atoms with van der Waals surface area (Å²) in [6.07, 6.45) is 8.70. The molecule has 0 spiro atoms. The van der Waals surface area contributed by atoms with Gasteiger partial charge in [-0.1, -0.05) is 67.2 Å². The number of benzene rings is 2. The molecule has 0 bridgehead atoms. The molecule has 3 unspecified atom stereocenters. The highest BCUT2D eigenvalue weighted by atomic mass is 35.5. The number of carboxylic acid groups (broad SMARTS) is 1. The molecule has 9 heteroatoms. The lowest BCUT2D eigenvalue weighted by Crippen LogP contribution is -2.37. The van der Waals surface area contributed by atoms with Gasteiger partial charge in [0.25, 0.3) is 0 Å². The van der Waals surface area contributed by atoms with E-state index in [-0.39, 0.29) is 37.3 Å². The maximum atomic E-state index is 12.9. The quantitative estimate of drug-likeness (QED) is 0.261. The summed E-state index contributed by atoms with van der Waals surface area (Å²) in [4.78, 5) is 17.7. The minimum atomic E-state index is -1.23. The molecule has 2 aromatic rings. The molecule has 3 heterocycles. The first-order valence-electron chi connectivity index (χ1n) is 15.2. The highest BCUT2D eigenvalue weighted by molar-refractivity contribution is 6.53. The molecule has 0 amide bonds. The number of rotatable bonds is 4. The van der Waals surface area contributed by atoms with Gasteiger partial charge in [0.1, 0.15) is 11.5 Å². The Bertz CT molecular complexity index is 1610. The standard InChI is InChI=1S/C34H36Cl4N2O3/c1-5-39-11-7-9-17(3)19-13-21-25(15-23(19)39)43-26-16-24-20(18(4)10-8-12-40(24)6-2)14-22(26)27(21)28-29(34(41)42)31(36)33(38)32(37)30(28)35/h13-18,23H,5-12H2,1-4H3,(H,41,42). The summed E-state index contributed by atoms with van der Waals surface area (Å²) in [5.41, 5.74) is 5.94. The van der Waals surface area contributed by atoms with Crippen molar-refractivity contribution in [1.82, 2.24) is 4.90 Å². The average molecular weight is 662 g/mol. The number of carbonyl (C=O) groups is 1. The van der Waals surface area contributed by atoms with Crippen molar-refractivity contribution < 1.29 is 14.6 Å². The molecule has 2 aromatic carbocycles. The first-order valence-corrected chi connectivity index (χ1v) is 16.7. The van der Waals surface area contributed by atoms with E-state index in [1.165, 1.54) is 11.1 Å². The summed E-state index contributed by atoms with van der Waals surface area (Å²) in [6.45, 7) is 12.6. The second-order valence-corrected chi connectivity index (χ2v) is 13.5. The van der Waals surface area contributed by atoms with Gasteiger partial charge in [-0.2, -0.15) is 0 Å². The number of nitrogens with zero attached hydrogens (tertiary/aromatic N) is 2. The third-order valence-corrected chi connectivity index (χ3v) is 11.4. The van der Waals surface area contributed by atoms with Crippen molar-refractivity contribution in [2.45, 2.75) is 65.3 Å². The number of likely N-dealkylation sites (N-methyl/N-ethyl adjacent to an activating group) is 1. The van der Waals surface area contributed by atoms with Gasteiger partial charge in [0.15, 0.2) is 0 Å². The molecule has 0 radical (unpaired) electrons. The maximum absolute atomic E-state index is 12.9. The number of ether oxygens (including phenoxy) is 1. The third kappa shape index (κ3) is 5.10. The summed E-state index contributed by atoms with van der Waals surface area (Å²) in [7, 11) is 0. The van der Waals surface area contributed by atoms with Gasteiger partial charge in [-0.05, 0) is 86.9 Å². The Labute approximate surface area is 273 Å². The Morgan fingerprint density at radius 2 is 1.65 bits per heavy atom. The zero-order chi connectivity index (χ0) is 30.7. The van der Waals surface area contributed by atoms with E-state index in [1.807, 2.05) is 0 Å². The van der Waals surface area contributed by atoms with Crippen LogP contribution in [0.25, 0.3) is 5.57 Å². The molecule has 3 atom stereocenters. The van der Waals surface area contributed by atoms with E-state index in [0.29, 0.717) is 28.9 Å². The molecular weight excluding hydrogens is 626 g/mol. The predicted octanol–water partition coefficient (Wildman–Crippen LogP) is 9.86. The number of aromatic carboxylic acids is 1. The monoisotopic (exact) mass is 660 g/mol. The summed E-state index contributed by atoms with van der Waals surface area (Å²) < 4.78 is 6.79. The second-order valence-electron chi connectivity index (χ2n) is 12.0. The topological polar surface area (TPSA) is 53.0 Å². The van der Waals surface area contributed by atoms with Crippen LogP contribution in [0.3, 0.4) is 0 Å². The van der Waals surface area contributed by atoms with E-state index in [1.54, 1.807) is 0 Å². The molecule has 1 fully saturated rings. The predicted molar refractivity (Wildman–Crippen MR) is 178 cm³/mol. The van der Waals surface area contributed by atoms with Crippen molar-refractivity contribution in [3.8, 4) is 5.75 Å². The zero-order valence-corrected chi connectivity index (χ0v) is 27.9. The minimum absolute atomic E-state index is 0.0293. The first kappa shape index (κ1) is 30.9. The fourth-order valence-corrected chi connectivity index (χ4v) is 8.30. The van der Waals surface area contributed by atoms with Crippen LogP contribution in [0.1, 0.15) is 86.3 Å². The number of fused-ring (bicyclic) bond motifs is 4. The Balaban J connectivity index is 1.73. The zero-order valence-electron chi connectivity index (χ0n) is 24.9. The average Bonchev–Trinajstić information content (AvgIpc) is 3.24. The van der Waals surface area contributed by atoms with Crippen molar-refractivity contribution in [2.24, 2.45) is 5.92 Å². The Kier molecular flexibility index (Phi) is 8.60. The molecule has 228 valence electrons. The van der Waals surface area contributed by atoms with E-state index in [4.69, 9.17) is 51.1 Å². The number of halogens is 4. The van der Waals surface area contributed by atoms with Crippen LogP contribution in [0.5, 0.6) is 5.75 Å².